The summed E-state index contributed by atoms with van der Waals surface area (Å²) in [5, 5.41) is 11.2. The van der Waals surface area contributed by atoms with E-state index in [1.54, 1.807) is 0 Å². The van der Waals surface area contributed by atoms with Crippen LogP contribution in [0.25, 0.3) is 0 Å². The molecule has 1 heterocycles. The average molecular weight is 459 g/mol. The fourth-order valence-electron chi connectivity index (χ4n) is 3.97. The molecule has 1 aliphatic heterocycles. The lowest BCUT2D eigenvalue weighted by atomic mass is 9.94. The third-order valence-electron chi connectivity index (χ3n) is 5.79. The van der Waals surface area contributed by atoms with E-state index >= 15 is 0 Å². The summed E-state index contributed by atoms with van der Waals surface area (Å²) in [7, 11) is 0. The normalized spacial score (nSPS) is 24.4. The molecule has 5 heteroatoms. The van der Waals surface area contributed by atoms with E-state index in [2.05, 4.69) is 5.92 Å². The summed E-state index contributed by atoms with van der Waals surface area (Å²) >= 11 is 0. The van der Waals surface area contributed by atoms with Crippen LogP contribution in [0.5, 0.6) is 0 Å². The number of aliphatic hydroxyl groups is 1. The highest BCUT2D eigenvalue weighted by atomic mass is 16.6. The number of terminal acetylenes is 1. The number of hydrogen-bond donors (Lipinski definition) is 1. The highest BCUT2D eigenvalue weighted by molar-refractivity contribution is 5.16. The summed E-state index contributed by atoms with van der Waals surface area (Å²) in [6, 6.07) is 29.5. The summed E-state index contributed by atoms with van der Waals surface area (Å²) in [5.41, 5.74) is 3.04. The minimum Gasteiger partial charge on any atom is -0.387 e. The Bertz CT molecular complexity index is 1020. The molecule has 1 N–H and O–H groups in total. The molecular weight excluding hydrogens is 428 g/mol. The third kappa shape index (κ3) is 6.54. The van der Waals surface area contributed by atoms with Crippen molar-refractivity contribution < 1.29 is 24.1 Å². The van der Waals surface area contributed by atoms with Crippen molar-refractivity contribution in [3.63, 3.8) is 0 Å². The van der Waals surface area contributed by atoms with Gasteiger partial charge in [0.1, 0.15) is 30.5 Å². The van der Waals surface area contributed by atoms with E-state index < -0.39 is 30.5 Å². The summed E-state index contributed by atoms with van der Waals surface area (Å²) in [6.07, 6.45) is 2.23. The Morgan fingerprint density at radius 2 is 1.18 bits per heavy atom. The first-order valence-electron chi connectivity index (χ1n) is 11.5. The summed E-state index contributed by atoms with van der Waals surface area (Å²) < 4.78 is 24.3. The van der Waals surface area contributed by atoms with Gasteiger partial charge in [-0.05, 0) is 16.7 Å². The second-order valence-corrected chi connectivity index (χ2v) is 8.28. The van der Waals surface area contributed by atoms with Crippen LogP contribution in [0.3, 0.4) is 0 Å². The first-order valence-corrected chi connectivity index (χ1v) is 11.5. The fourth-order valence-corrected chi connectivity index (χ4v) is 3.97. The highest BCUT2D eigenvalue weighted by Gasteiger charge is 2.46. The van der Waals surface area contributed by atoms with E-state index in [-0.39, 0.29) is 6.61 Å². The van der Waals surface area contributed by atoms with Crippen LogP contribution in [-0.2, 0) is 38.8 Å². The molecule has 5 nitrogen and oxygen atoms in total. The van der Waals surface area contributed by atoms with Crippen molar-refractivity contribution in [3.8, 4) is 12.3 Å². The number of hydrogen-bond acceptors (Lipinski definition) is 5. The molecule has 0 saturated carbocycles. The SMILES string of the molecule is C#C[C@H]1O[C@H](COCc2ccccc2)[C@@H](O)[C@H](OCc2ccccc2)[C@H]1OCc1ccccc1. The van der Waals surface area contributed by atoms with Crippen molar-refractivity contribution in [1.29, 1.82) is 0 Å². The maximum atomic E-state index is 11.2. The van der Waals surface area contributed by atoms with Crippen LogP contribution >= 0.6 is 0 Å². The van der Waals surface area contributed by atoms with Crippen LogP contribution in [-0.4, -0.2) is 42.2 Å². The smallest absolute Gasteiger partial charge is 0.147 e. The summed E-state index contributed by atoms with van der Waals surface area (Å²) in [4.78, 5) is 0. The van der Waals surface area contributed by atoms with Crippen LogP contribution in [0.1, 0.15) is 16.7 Å². The van der Waals surface area contributed by atoms with Crippen molar-refractivity contribution in [2.45, 2.75) is 50.3 Å². The number of benzene rings is 3. The molecule has 0 radical (unpaired) electrons. The largest absolute Gasteiger partial charge is 0.387 e. The molecule has 0 unspecified atom stereocenters. The van der Waals surface area contributed by atoms with Gasteiger partial charge in [-0.3, -0.25) is 0 Å². The second-order valence-electron chi connectivity index (χ2n) is 8.28. The van der Waals surface area contributed by atoms with E-state index in [1.165, 1.54) is 0 Å². The Morgan fingerprint density at radius 3 is 1.68 bits per heavy atom. The fraction of sp³-hybridized carbons (Fsp3) is 0.310. The molecule has 0 spiro atoms. The van der Waals surface area contributed by atoms with Crippen LogP contribution in [0.15, 0.2) is 91.0 Å². The lowest BCUT2D eigenvalue weighted by Gasteiger charge is -2.42. The van der Waals surface area contributed by atoms with Gasteiger partial charge < -0.3 is 24.1 Å². The predicted molar refractivity (Wildman–Crippen MR) is 130 cm³/mol. The van der Waals surface area contributed by atoms with Gasteiger partial charge in [0.25, 0.3) is 0 Å². The maximum absolute atomic E-state index is 11.2. The minimum absolute atomic E-state index is 0.185. The van der Waals surface area contributed by atoms with Gasteiger partial charge in [0.15, 0.2) is 0 Å². The first kappa shape index (κ1) is 24.2. The molecule has 1 fully saturated rings. The summed E-state index contributed by atoms with van der Waals surface area (Å²) in [5.74, 6) is 2.68. The molecule has 3 aromatic rings. The van der Waals surface area contributed by atoms with Gasteiger partial charge in [0.2, 0.25) is 0 Å². The lowest BCUT2D eigenvalue weighted by Crippen LogP contribution is -2.60. The van der Waals surface area contributed by atoms with Crippen molar-refractivity contribution in [2.75, 3.05) is 6.61 Å². The van der Waals surface area contributed by atoms with Crippen molar-refractivity contribution in [2.24, 2.45) is 0 Å². The predicted octanol–water partition coefficient (Wildman–Crippen LogP) is 4.14. The van der Waals surface area contributed by atoms with Crippen molar-refractivity contribution in [3.05, 3.63) is 108 Å². The molecule has 1 saturated heterocycles. The van der Waals surface area contributed by atoms with E-state index in [1.807, 2.05) is 91.0 Å². The lowest BCUT2D eigenvalue weighted by molar-refractivity contribution is -0.248. The van der Waals surface area contributed by atoms with Crippen molar-refractivity contribution in [1.82, 2.24) is 0 Å². The second kappa shape index (κ2) is 12.5. The molecule has 0 bridgehead atoms. The van der Waals surface area contributed by atoms with Crippen LogP contribution in [0.4, 0.5) is 0 Å². The molecule has 34 heavy (non-hydrogen) atoms. The summed E-state index contributed by atoms with van der Waals surface area (Å²) in [6.45, 7) is 1.26. The van der Waals surface area contributed by atoms with Crippen LogP contribution in [0, 0.1) is 12.3 Å². The Kier molecular flexibility index (Phi) is 8.86. The number of ether oxygens (including phenoxy) is 4. The Labute approximate surface area is 201 Å². The van der Waals surface area contributed by atoms with Gasteiger partial charge in [-0.2, -0.15) is 0 Å². The quantitative estimate of drug-likeness (QED) is 0.463. The molecule has 3 aromatic carbocycles. The molecular formula is C29H30O5. The van der Waals surface area contributed by atoms with E-state index in [0.717, 1.165) is 16.7 Å². The topological polar surface area (TPSA) is 57.2 Å². The van der Waals surface area contributed by atoms with Gasteiger partial charge in [-0.25, -0.2) is 0 Å². The average Bonchev–Trinajstić information content (AvgIpc) is 2.89. The minimum atomic E-state index is -0.968. The van der Waals surface area contributed by atoms with E-state index in [0.29, 0.717) is 19.8 Å². The molecule has 4 rings (SSSR count). The van der Waals surface area contributed by atoms with Crippen LogP contribution < -0.4 is 0 Å². The standard InChI is InChI=1S/C29H30O5/c1-2-25-28(32-19-23-14-8-4-9-15-23)29(33-20-24-16-10-5-11-17-24)27(30)26(34-25)21-31-18-22-12-6-3-7-13-22/h1,3-17,25-30H,18-21H2/t25-,26-,27-,28+,29+/m1/s1. The zero-order valence-corrected chi connectivity index (χ0v) is 19.0. The van der Waals surface area contributed by atoms with Gasteiger partial charge in [-0.15, -0.1) is 6.42 Å². The van der Waals surface area contributed by atoms with Gasteiger partial charge in [0, 0.05) is 0 Å². The molecule has 1 aliphatic rings. The zero-order chi connectivity index (χ0) is 23.6. The van der Waals surface area contributed by atoms with Crippen molar-refractivity contribution >= 4 is 0 Å². The van der Waals surface area contributed by atoms with Gasteiger partial charge in [-0.1, -0.05) is 96.9 Å². The molecule has 0 aromatic heterocycles. The molecule has 0 aliphatic carbocycles. The molecule has 5 atom stereocenters. The highest BCUT2D eigenvalue weighted by Crippen LogP contribution is 2.28. The Balaban J connectivity index is 1.45. The van der Waals surface area contributed by atoms with Gasteiger partial charge in [0.05, 0.1) is 26.4 Å². The van der Waals surface area contributed by atoms with E-state index in [9.17, 15) is 5.11 Å². The number of aliphatic hydroxyl groups excluding tert-OH is 1. The van der Waals surface area contributed by atoms with Gasteiger partial charge >= 0.3 is 0 Å². The number of rotatable bonds is 10. The zero-order valence-electron chi connectivity index (χ0n) is 19.0. The Hall–Kier alpha value is -2.98. The monoisotopic (exact) mass is 458 g/mol. The molecule has 0 amide bonds. The van der Waals surface area contributed by atoms with E-state index in [4.69, 9.17) is 25.4 Å². The van der Waals surface area contributed by atoms with Crippen LogP contribution in [0.2, 0.25) is 0 Å². The Morgan fingerprint density at radius 1 is 0.706 bits per heavy atom. The maximum Gasteiger partial charge on any atom is 0.147 e. The first-order chi connectivity index (χ1) is 16.7. The third-order valence-corrected chi connectivity index (χ3v) is 5.79. The molecule has 176 valence electrons.